The molecule has 2 saturated heterocycles. The summed E-state index contributed by atoms with van der Waals surface area (Å²) in [5.41, 5.74) is 0.639. The van der Waals surface area contributed by atoms with Crippen molar-refractivity contribution >= 4 is 5.96 Å². The molecule has 5 heteroatoms. The lowest BCUT2D eigenvalue weighted by molar-refractivity contribution is 0.106. The van der Waals surface area contributed by atoms with E-state index in [9.17, 15) is 0 Å². The standard InChI is InChI=1S/C18H35N5/c1-4-21-10-12-22(13-11-21)16(2)14-20-17(19-3)23-9-8-18(15-23)6-5-7-18/h16H,4-15H2,1-3H3,(H,19,20). The first-order chi connectivity index (χ1) is 11.2. The molecule has 0 amide bonds. The summed E-state index contributed by atoms with van der Waals surface area (Å²) >= 11 is 0. The summed E-state index contributed by atoms with van der Waals surface area (Å²) in [5, 5.41) is 3.64. The van der Waals surface area contributed by atoms with Gasteiger partial charge in [0, 0.05) is 58.9 Å². The van der Waals surface area contributed by atoms with Crippen LogP contribution < -0.4 is 5.32 Å². The fourth-order valence-electron chi connectivity index (χ4n) is 4.42. The Morgan fingerprint density at radius 3 is 2.39 bits per heavy atom. The van der Waals surface area contributed by atoms with Gasteiger partial charge in [-0.3, -0.25) is 9.89 Å². The van der Waals surface area contributed by atoms with Gasteiger partial charge in [0.25, 0.3) is 0 Å². The van der Waals surface area contributed by atoms with Gasteiger partial charge >= 0.3 is 0 Å². The fourth-order valence-corrected chi connectivity index (χ4v) is 4.42. The van der Waals surface area contributed by atoms with E-state index in [1.54, 1.807) is 0 Å². The Labute approximate surface area is 142 Å². The second kappa shape index (κ2) is 7.39. The Balaban J connectivity index is 1.43. The van der Waals surface area contributed by atoms with E-state index in [0.29, 0.717) is 11.5 Å². The number of rotatable bonds is 4. The van der Waals surface area contributed by atoms with Gasteiger partial charge in [0.1, 0.15) is 0 Å². The first-order valence-corrected chi connectivity index (χ1v) is 9.58. The smallest absolute Gasteiger partial charge is 0.193 e. The van der Waals surface area contributed by atoms with Crippen LogP contribution in [0, 0.1) is 5.41 Å². The highest BCUT2D eigenvalue weighted by atomic mass is 15.3. The van der Waals surface area contributed by atoms with Crippen molar-refractivity contribution in [3.8, 4) is 0 Å². The molecule has 1 aliphatic carbocycles. The molecule has 5 nitrogen and oxygen atoms in total. The minimum atomic E-state index is 0.575. The Hall–Kier alpha value is -0.810. The lowest BCUT2D eigenvalue weighted by Gasteiger charge is -2.39. The SMILES string of the molecule is CCN1CCN(C(C)CNC(=NC)N2CCC3(CCC3)C2)CC1. The van der Waals surface area contributed by atoms with Gasteiger partial charge in [-0.2, -0.15) is 0 Å². The molecule has 0 aromatic rings. The molecular weight excluding hydrogens is 286 g/mol. The van der Waals surface area contributed by atoms with Crippen LogP contribution >= 0.6 is 0 Å². The van der Waals surface area contributed by atoms with Crippen LogP contribution in [0.15, 0.2) is 4.99 Å². The maximum atomic E-state index is 4.54. The van der Waals surface area contributed by atoms with Gasteiger partial charge in [0.2, 0.25) is 0 Å². The molecule has 1 saturated carbocycles. The second-order valence-electron chi connectivity index (χ2n) is 7.77. The van der Waals surface area contributed by atoms with Crippen LogP contribution in [0.3, 0.4) is 0 Å². The van der Waals surface area contributed by atoms with Gasteiger partial charge in [-0.1, -0.05) is 13.3 Å². The van der Waals surface area contributed by atoms with Crippen molar-refractivity contribution in [2.24, 2.45) is 10.4 Å². The lowest BCUT2D eigenvalue weighted by Crippen LogP contribution is -2.53. The summed E-state index contributed by atoms with van der Waals surface area (Å²) in [7, 11) is 1.93. The summed E-state index contributed by atoms with van der Waals surface area (Å²) in [6.07, 6.45) is 5.65. The third-order valence-corrected chi connectivity index (χ3v) is 6.40. The molecule has 2 heterocycles. The Kier molecular flexibility index (Phi) is 5.47. The van der Waals surface area contributed by atoms with Crippen molar-refractivity contribution < 1.29 is 0 Å². The highest BCUT2D eigenvalue weighted by Gasteiger charge is 2.43. The van der Waals surface area contributed by atoms with Gasteiger partial charge in [0.05, 0.1) is 0 Å². The number of nitrogens with zero attached hydrogens (tertiary/aromatic N) is 4. The lowest BCUT2D eigenvalue weighted by atomic mass is 9.68. The number of aliphatic imine (C=N–C) groups is 1. The molecule has 0 radical (unpaired) electrons. The van der Waals surface area contributed by atoms with Crippen molar-refractivity contribution in [2.75, 3.05) is 59.4 Å². The molecule has 1 unspecified atom stereocenters. The molecule has 23 heavy (non-hydrogen) atoms. The van der Waals surface area contributed by atoms with Gasteiger partial charge in [-0.25, -0.2) is 0 Å². The number of guanidine groups is 1. The summed E-state index contributed by atoms with van der Waals surface area (Å²) in [6, 6.07) is 0.575. The van der Waals surface area contributed by atoms with Gasteiger partial charge < -0.3 is 15.1 Å². The molecule has 3 rings (SSSR count). The minimum absolute atomic E-state index is 0.575. The predicted octanol–water partition coefficient (Wildman–Crippen LogP) is 1.46. The predicted molar refractivity (Wildman–Crippen MR) is 97.0 cm³/mol. The van der Waals surface area contributed by atoms with E-state index < -0.39 is 0 Å². The van der Waals surface area contributed by atoms with Crippen LogP contribution in [0.4, 0.5) is 0 Å². The average molecular weight is 322 g/mol. The number of nitrogens with one attached hydrogen (secondary N) is 1. The van der Waals surface area contributed by atoms with E-state index in [-0.39, 0.29) is 0 Å². The second-order valence-corrected chi connectivity index (χ2v) is 7.77. The molecule has 3 fully saturated rings. The van der Waals surface area contributed by atoms with E-state index in [4.69, 9.17) is 0 Å². The van der Waals surface area contributed by atoms with E-state index in [1.807, 2.05) is 7.05 Å². The van der Waals surface area contributed by atoms with Crippen LogP contribution in [0.25, 0.3) is 0 Å². The first-order valence-electron chi connectivity index (χ1n) is 9.58. The minimum Gasteiger partial charge on any atom is -0.355 e. The van der Waals surface area contributed by atoms with Gasteiger partial charge in [-0.15, -0.1) is 0 Å². The molecule has 1 N–H and O–H groups in total. The third kappa shape index (κ3) is 3.82. The number of likely N-dealkylation sites (N-methyl/N-ethyl adjacent to an activating group) is 1. The molecule has 0 bridgehead atoms. The van der Waals surface area contributed by atoms with Gasteiger partial charge in [-0.05, 0) is 38.1 Å². The molecule has 3 aliphatic rings. The summed E-state index contributed by atoms with van der Waals surface area (Å²) in [6.45, 7) is 14.0. The molecule has 0 aromatic heterocycles. The van der Waals surface area contributed by atoms with Crippen LogP contribution in [-0.4, -0.2) is 86.1 Å². The Morgan fingerprint density at radius 1 is 1.13 bits per heavy atom. The van der Waals surface area contributed by atoms with Crippen molar-refractivity contribution in [1.82, 2.24) is 20.0 Å². The average Bonchev–Trinajstić information content (AvgIpc) is 3.01. The quantitative estimate of drug-likeness (QED) is 0.628. The highest BCUT2D eigenvalue weighted by molar-refractivity contribution is 5.80. The molecular formula is C18H35N5. The molecule has 1 atom stereocenters. The zero-order valence-corrected chi connectivity index (χ0v) is 15.4. The van der Waals surface area contributed by atoms with E-state index in [0.717, 1.165) is 12.5 Å². The van der Waals surface area contributed by atoms with Crippen molar-refractivity contribution in [3.05, 3.63) is 0 Å². The maximum absolute atomic E-state index is 4.54. The first kappa shape index (κ1) is 17.0. The molecule has 2 aliphatic heterocycles. The van der Waals surface area contributed by atoms with Gasteiger partial charge in [0.15, 0.2) is 5.96 Å². The number of likely N-dealkylation sites (tertiary alicyclic amines) is 1. The summed E-state index contributed by atoms with van der Waals surface area (Å²) in [4.78, 5) is 12.2. The third-order valence-electron chi connectivity index (χ3n) is 6.40. The summed E-state index contributed by atoms with van der Waals surface area (Å²) < 4.78 is 0. The van der Waals surface area contributed by atoms with Crippen molar-refractivity contribution in [1.29, 1.82) is 0 Å². The maximum Gasteiger partial charge on any atom is 0.193 e. The normalized spacial score (nSPS) is 27.3. The largest absolute Gasteiger partial charge is 0.355 e. The van der Waals surface area contributed by atoms with Crippen LogP contribution in [0.1, 0.15) is 39.5 Å². The Morgan fingerprint density at radius 2 is 1.87 bits per heavy atom. The number of piperazine rings is 1. The molecule has 1 spiro atoms. The van der Waals surface area contributed by atoms with Crippen LogP contribution in [-0.2, 0) is 0 Å². The molecule has 0 aromatic carbocycles. The molecule has 132 valence electrons. The van der Waals surface area contributed by atoms with Crippen molar-refractivity contribution in [3.63, 3.8) is 0 Å². The zero-order valence-electron chi connectivity index (χ0n) is 15.4. The monoisotopic (exact) mass is 321 g/mol. The number of hydrogen-bond acceptors (Lipinski definition) is 3. The highest BCUT2D eigenvalue weighted by Crippen LogP contribution is 2.47. The van der Waals surface area contributed by atoms with Crippen LogP contribution in [0.2, 0.25) is 0 Å². The summed E-state index contributed by atoms with van der Waals surface area (Å²) in [5.74, 6) is 1.12. The van der Waals surface area contributed by atoms with Crippen molar-refractivity contribution in [2.45, 2.75) is 45.6 Å². The van der Waals surface area contributed by atoms with Crippen LogP contribution in [0.5, 0.6) is 0 Å². The Bertz CT molecular complexity index is 410. The topological polar surface area (TPSA) is 34.1 Å². The van der Waals surface area contributed by atoms with E-state index in [2.05, 4.69) is 38.9 Å². The number of hydrogen-bond donors (Lipinski definition) is 1. The van der Waals surface area contributed by atoms with E-state index in [1.165, 1.54) is 71.5 Å². The van der Waals surface area contributed by atoms with E-state index >= 15 is 0 Å². The zero-order chi connectivity index (χ0) is 16.3. The fraction of sp³-hybridized carbons (Fsp3) is 0.944.